The third-order valence-electron chi connectivity index (χ3n) is 3.14. The first-order valence-electron chi connectivity index (χ1n) is 5.87. The molecule has 0 unspecified atom stereocenters. The minimum absolute atomic E-state index is 0.399. The van der Waals surface area contributed by atoms with Gasteiger partial charge in [0.2, 0.25) is 0 Å². The average Bonchev–Trinajstić information content (AvgIpc) is 3.01. The van der Waals surface area contributed by atoms with E-state index in [4.69, 9.17) is 4.84 Å². The molecule has 6 heteroatoms. The van der Waals surface area contributed by atoms with Crippen LogP contribution >= 0.6 is 0 Å². The molecule has 92 valence electrons. The van der Waals surface area contributed by atoms with Crippen molar-refractivity contribution in [2.45, 2.75) is 0 Å². The molecule has 6 nitrogen and oxygen atoms in total. The Balaban J connectivity index is 2.12. The Morgan fingerprint density at radius 1 is 1.00 bits per heavy atom. The summed E-state index contributed by atoms with van der Waals surface area (Å²) < 4.78 is 0. The molecule has 0 bridgehead atoms. The van der Waals surface area contributed by atoms with E-state index in [9.17, 15) is 0 Å². The molecule has 2 aliphatic rings. The summed E-state index contributed by atoms with van der Waals surface area (Å²) in [5.74, 6) is 0. The molecule has 0 amide bonds. The van der Waals surface area contributed by atoms with Gasteiger partial charge in [0, 0.05) is 11.1 Å². The molecule has 0 saturated carbocycles. The topological polar surface area (TPSA) is 72.1 Å². The van der Waals surface area contributed by atoms with Crippen LogP contribution in [-0.4, -0.2) is 29.5 Å². The van der Waals surface area contributed by atoms with E-state index in [1.165, 1.54) is 7.11 Å². The molecular formula is C13H9N5O. The molecule has 0 spiro atoms. The number of fused-ring (bicyclic) bond motifs is 4. The van der Waals surface area contributed by atoms with Crippen LogP contribution in [0.15, 0.2) is 39.4 Å². The Kier molecular flexibility index (Phi) is 2.00. The maximum atomic E-state index is 4.92. The highest BCUT2D eigenvalue weighted by atomic mass is 16.6. The highest BCUT2D eigenvalue weighted by Gasteiger charge is 2.29. The maximum absolute atomic E-state index is 4.92. The van der Waals surface area contributed by atoms with Gasteiger partial charge in [-0.3, -0.25) is 0 Å². The Hall–Kier alpha value is -2.63. The molecule has 2 heterocycles. The summed E-state index contributed by atoms with van der Waals surface area (Å²) in [6.45, 7) is 0.399. The van der Waals surface area contributed by atoms with Crippen molar-refractivity contribution in [2.24, 2.45) is 15.1 Å². The molecule has 0 saturated heterocycles. The predicted octanol–water partition coefficient (Wildman–Crippen LogP) is 0.0661. The van der Waals surface area contributed by atoms with E-state index in [0.717, 1.165) is 16.8 Å². The van der Waals surface area contributed by atoms with Crippen molar-refractivity contribution in [1.82, 2.24) is 9.97 Å². The Morgan fingerprint density at radius 3 is 2.42 bits per heavy atom. The number of rotatable bonds is 1. The van der Waals surface area contributed by atoms with Crippen molar-refractivity contribution in [3.63, 3.8) is 0 Å². The van der Waals surface area contributed by atoms with Crippen LogP contribution in [0.1, 0.15) is 11.3 Å². The van der Waals surface area contributed by atoms with Crippen LogP contribution in [0.5, 0.6) is 0 Å². The predicted molar refractivity (Wildman–Crippen MR) is 67.3 cm³/mol. The summed E-state index contributed by atoms with van der Waals surface area (Å²) >= 11 is 0. The summed E-state index contributed by atoms with van der Waals surface area (Å²) in [6.07, 6.45) is 0. The van der Waals surface area contributed by atoms with E-state index >= 15 is 0 Å². The number of oxime groups is 1. The van der Waals surface area contributed by atoms with Gasteiger partial charge in [-0.2, -0.15) is 0 Å². The van der Waals surface area contributed by atoms with Gasteiger partial charge in [0.25, 0.3) is 0 Å². The van der Waals surface area contributed by atoms with Crippen molar-refractivity contribution in [2.75, 3.05) is 13.8 Å². The van der Waals surface area contributed by atoms with Crippen molar-refractivity contribution < 1.29 is 4.84 Å². The van der Waals surface area contributed by atoms with Gasteiger partial charge >= 0.3 is 0 Å². The minimum Gasteiger partial charge on any atom is -0.399 e. The monoisotopic (exact) mass is 251 g/mol. The fraction of sp³-hybridized carbons (Fsp3) is 0.154. The number of nitrogens with zero attached hydrogens (tertiary/aromatic N) is 5. The summed E-state index contributed by atoms with van der Waals surface area (Å²) in [5, 5.41) is 4.07. The lowest BCUT2D eigenvalue weighted by molar-refractivity contribution is 0.214. The SMILES string of the molecule is CO/N=C1/c2ccccc2-c2nc3c(nc21)=NCN=3. The molecule has 1 aromatic heterocycles. The molecule has 4 rings (SSSR count). The lowest BCUT2D eigenvalue weighted by atomic mass is 10.1. The van der Waals surface area contributed by atoms with E-state index in [0.29, 0.717) is 29.0 Å². The second-order valence-corrected chi connectivity index (χ2v) is 4.19. The molecule has 0 N–H and O–H groups in total. The molecule has 1 aliphatic carbocycles. The smallest absolute Gasteiger partial charge is 0.195 e. The van der Waals surface area contributed by atoms with Gasteiger partial charge in [0.05, 0.1) is 0 Å². The largest absolute Gasteiger partial charge is 0.399 e. The van der Waals surface area contributed by atoms with E-state index in [2.05, 4.69) is 25.1 Å². The van der Waals surface area contributed by atoms with Gasteiger partial charge in [-0.05, 0) is 0 Å². The van der Waals surface area contributed by atoms with Crippen LogP contribution in [0, 0.1) is 0 Å². The zero-order valence-electron chi connectivity index (χ0n) is 10.2. The average molecular weight is 251 g/mol. The first-order valence-corrected chi connectivity index (χ1v) is 5.87. The van der Waals surface area contributed by atoms with E-state index < -0.39 is 0 Å². The van der Waals surface area contributed by atoms with Gasteiger partial charge in [0.15, 0.2) is 11.0 Å². The second kappa shape index (κ2) is 3.68. The third kappa shape index (κ3) is 1.33. The standard InChI is InChI=1S/C13H9N5O/c1-19-18-10-8-5-3-2-4-7(8)9-11(10)17-13-12(16-9)14-6-15-13/h2-5H,6H2,1H3/b18-10-. The van der Waals surface area contributed by atoms with Crippen LogP contribution in [0.25, 0.3) is 11.3 Å². The second-order valence-electron chi connectivity index (χ2n) is 4.19. The number of hydrogen-bond acceptors (Lipinski definition) is 6. The number of aromatic nitrogens is 2. The summed E-state index contributed by atoms with van der Waals surface area (Å²) in [4.78, 5) is 22.4. The Labute approximate surface area is 108 Å². The molecule has 19 heavy (non-hydrogen) atoms. The van der Waals surface area contributed by atoms with Crippen molar-refractivity contribution in [3.05, 3.63) is 46.5 Å². The molecular weight excluding hydrogens is 242 g/mol. The molecule has 0 radical (unpaired) electrons. The lowest BCUT2D eigenvalue weighted by Gasteiger charge is -1.97. The third-order valence-corrected chi connectivity index (χ3v) is 3.14. The van der Waals surface area contributed by atoms with Crippen LogP contribution in [0.4, 0.5) is 0 Å². The normalized spacial score (nSPS) is 16.4. The lowest BCUT2D eigenvalue weighted by Crippen LogP contribution is -2.31. The zero-order valence-corrected chi connectivity index (χ0v) is 10.2. The highest BCUT2D eigenvalue weighted by molar-refractivity contribution is 6.22. The van der Waals surface area contributed by atoms with Gasteiger partial charge in [-0.15, -0.1) is 0 Å². The maximum Gasteiger partial charge on any atom is 0.195 e. The Morgan fingerprint density at radius 2 is 1.68 bits per heavy atom. The first kappa shape index (κ1) is 10.3. The van der Waals surface area contributed by atoms with Crippen LogP contribution in [-0.2, 0) is 4.84 Å². The summed E-state index contributed by atoms with van der Waals surface area (Å²) in [5.41, 5.74) is 5.37. The molecule has 1 aliphatic heterocycles. The van der Waals surface area contributed by atoms with Gasteiger partial charge < -0.3 is 4.84 Å². The van der Waals surface area contributed by atoms with Crippen molar-refractivity contribution >= 4 is 5.71 Å². The molecule has 1 aromatic carbocycles. The van der Waals surface area contributed by atoms with Crippen molar-refractivity contribution in [3.8, 4) is 11.3 Å². The first-order chi connectivity index (χ1) is 9.38. The fourth-order valence-electron chi connectivity index (χ4n) is 2.36. The van der Waals surface area contributed by atoms with Gasteiger partial charge in [-0.25, -0.2) is 20.0 Å². The Bertz CT molecular complexity index is 841. The van der Waals surface area contributed by atoms with Gasteiger partial charge in [-0.1, -0.05) is 29.4 Å². The fourth-order valence-corrected chi connectivity index (χ4v) is 2.36. The van der Waals surface area contributed by atoms with E-state index in [1.807, 2.05) is 24.3 Å². The zero-order chi connectivity index (χ0) is 12.8. The number of benzene rings is 1. The van der Waals surface area contributed by atoms with Crippen molar-refractivity contribution in [1.29, 1.82) is 0 Å². The summed E-state index contributed by atoms with van der Waals surface area (Å²) in [6, 6.07) is 7.91. The van der Waals surface area contributed by atoms with Crippen LogP contribution in [0.3, 0.4) is 0 Å². The molecule has 0 fully saturated rings. The summed E-state index contributed by atoms with van der Waals surface area (Å²) in [7, 11) is 1.52. The van der Waals surface area contributed by atoms with E-state index in [1.54, 1.807) is 0 Å². The minimum atomic E-state index is 0.399. The van der Waals surface area contributed by atoms with Crippen LogP contribution in [0.2, 0.25) is 0 Å². The number of hydrogen-bond donors (Lipinski definition) is 0. The molecule has 2 aromatic rings. The highest BCUT2D eigenvalue weighted by Crippen LogP contribution is 2.32. The van der Waals surface area contributed by atoms with E-state index in [-0.39, 0.29) is 0 Å². The molecule has 0 atom stereocenters. The quantitative estimate of drug-likeness (QED) is 0.574. The van der Waals surface area contributed by atoms with Crippen LogP contribution < -0.4 is 11.0 Å². The van der Waals surface area contributed by atoms with Gasteiger partial charge in [0.1, 0.15) is 30.9 Å².